The van der Waals surface area contributed by atoms with Crippen molar-refractivity contribution in [2.24, 2.45) is 5.73 Å². The van der Waals surface area contributed by atoms with Crippen LogP contribution in [0.4, 0.5) is 5.69 Å². The lowest BCUT2D eigenvalue weighted by molar-refractivity contribution is -0.126. The summed E-state index contributed by atoms with van der Waals surface area (Å²) in [5, 5.41) is 3.36. The van der Waals surface area contributed by atoms with Crippen molar-refractivity contribution >= 4 is 46.5 Å². The SMILES string of the molecule is COc1ccc(C(C(=O)NCc2ccccc2)N(Cc2ccccc2Cl)C(=O)c2snc(C(N)=O)c2N)cc1. The summed E-state index contributed by atoms with van der Waals surface area (Å²) in [5.41, 5.74) is 13.2. The predicted molar refractivity (Wildman–Crippen MR) is 150 cm³/mol. The summed E-state index contributed by atoms with van der Waals surface area (Å²) in [7, 11) is 1.54. The minimum atomic E-state index is -1.10. The van der Waals surface area contributed by atoms with Gasteiger partial charge >= 0.3 is 0 Å². The van der Waals surface area contributed by atoms with Crippen molar-refractivity contribution in [2.75, 3.05) is 12.8 Å². The molecule has 39 heavy (non-hydrogen) atoms. The van der Waals surface area contributed by atoms with Gasteiger partial charge in [0.2, 0.25) is 5.91 Å². The van der Waals surface area contributed by atoms with Crippen molar-refractivity contribution in [3.63, 3.8) is 0 Å². The van der Waals surface area contributed by atoms with Gasteiger partial charge in [-0.3, -0.25) is 14.4 Å². The van der Waals surface area contributed by atoms with Gasteiger partial charge in [-0.25, -0.2) is 0 Å². The minimum Gasteiger partial charge on any atom is -0.497 e. The van der Waals surface area contributed by atoms with Gasteiger partial charge in [0.05, 0.1) is 12.8 Å². The molecule has 0 aliphatic carbocycles. The molecule has 0 spiro atoms. The summed E-state index contributed by atoms with van der Waals surface area (Å²) < 4.78 is 9.25. The lowest BCUT2D eigenvalue weighted by atomic mass is 10.0. The van der Waals surface area contributed by atoms with E-state index in [4.69, 9.17) is 27.8 Å². The maximum atomic E-state index is 14.1. The van der Waals surface area contributed by atoms with Gasteiger partial charge in [-0.1, -0.05) is 72.3 Å². The number of benzene rings is 3. The fourth-order valence-electron chi connectivity index (χ4n) is 3.99. The number of carbonyl (C=O) groups excluding carboxylic acids is 3. The van der Waals surface area contributed by atoms with E-state index in [2.05, 4.69) is 9.69 Å². The van der Waals surface area contributed by atoms with Crippen LogP contribution in [0.5, 0.6) is 5.75 Å². The third-order valence-corrected chi connectivity index (χ3v) is 7.24. The maximum absolute atomic E-state index is 14.1. The van der Waals surface area contributed by atoms with Crippen LogP contribution >= 0.6 is 23.1 Å². The van der Waals surface area contributed by atoms with Crippen LogP contribution in [0.15, 0.2) is 78.9 Å². The van der Waals surface area contributed by atoms with Crippen LogP contribution in [0.2, 0.25) is 5.02 Å². The molecule has 0 saturated heterocycles. The normalized spacial score (nSPS) is 11.4. The first-order chi connectivity index (χ1) is 18.8. The number of anilines is 1. The van der Waals surface area contributed by atoms with E-state index in [9.17, 15) is 14.4 Å². The highest BCUT2D eigenvalue weighted by Crippen LogP contribution is 2.32. The Morgan fingerprint density at radius 3 is 2.31 bits per heavy atom. The third-order valence-electron chi connectivity index (χ3n) is 6.02. The van der Waals surface area contributed by atoms with Gasteiger partial charge in [0.25, 0.3) is 11.8 Å². The van der Waals surface area contributed by atoms with E-state index < -0.39 is 23.8 Å². The number of aromatic nitrogens is 1. The van der Waals surface area contributed by atoms with Crippen LogP contribution < -0.4 is 21.5 Å². The molecule has 3 amide bonds. The molecule has 0 saturated carbocycles. The van der Waals surface area contributed by atoms with Crippen LogP contribution in [0.1, 0.15) is 42.9 Å². The molecular weight excluding hydrogens is 538 g/mol. The molecule has 4 rings (SSSR count). The average Bonchev–Trinajstić information content (AvgIpc) is 3.34. The Morgan fingerprint density at radius 1 is 1.03 bits per heavy atom. The smallest absolute Gasteiger partial charge is 0.270 e. The number of hydrogen-bond acceptors (Lipinski definition) is 7. The highest BCUT2D eigenvalue weighted by molar-refractivity contribution is 7.09. The lowest BCUT2D eigenvalue weighted by Gasteiger charge is -2.31. The van der Waals surface area contributed by atoms with Crippen molar-refractivity contribution in [1.82, 2.24) is 14.6 Å². The molecule has 9 nitrogen and oxygen atoms in total. The summed E-state index contributed by atoms with van der Waals surface area (Å²) in [6, 6.07) is 22.2. The second-order valence-electron chi connectivity index (χ2n) is 8.54. The van der Waals surface area contributed by atoms with Crippen LogP contribution in [-0.4, -0.2) is 34.1 Å². The van der Waals surface area contributed by atoms with Crippen LogP contribution in [0, 0.1) is 0 Å². The van der Waals surface area contributed by atoms with Gasteiger partial charge in [-0.15, -0.1) is 0 Å². The molecule has 1 heterocycles. The summed E-state index contributed by atoms with van der Waals surface area (Å²) >= 11 is 7.20. The number of primary amides is 1. The van der Waals surface area contributed by atoms with Crippen LogP contribution in [0.25, 0.3) is 0 Å². The molecule has 3 aromatic carbocycles. The van der Waals surface area contributed by atoms with Crippen molar-refractivity contribution in [3.8, 4) is 5.75 Å². The molecule has 200 valence electrons. The van der Waals surface area contributed by atoms with Gasteiger partial charge in [0.1, 0.15) is 16.7 Å². The van der Waals surface area contributed by atoms with E-state index in [0.717, 1.165) is 17.1 Å². The van der Waals surface area contributed by atoms with E-state index in [-0.39, 0.29) is 29.3 Å². The van der Waals surface area contributed by atoms with Gasteiger partial charge in [-0.2, -0.15) is 4.37 Å². The van der Waals surface area contributed by atoms with Crippen molar-refractivity contribution < 1.29 is 19.1 Å². The zero-order valence-electron chi connectivity index (χ0n) is 21.0. The zero-order chi connectivity index (χ0) is 27.9. The average molecular weight is 564 g/mol. The fraction of sp³-hybridized carbons (Fsp3) is 0.143. The standard InChI is InChI=1S/C28H26ClN5O4S/c1-38-20-13-11-18(12-14-20)24(27(36)32-15-17-7-3-2-4-8-17)34(16-19-9-5-6-10-21(19)29)28(37)25-22(30)23(26(31)35)33-39-25/h2-14,24H,15-16,30H2,1H3,(H2,31,35)(H,32,36). The van der Waals surface area contributed by atoms with E-state index in [1.165, 1.54) is 12.0 Å². The number of hydrogen-bond donors (Lipinski definition) is 3. The Morgan fingerprint density at radius 2 is 1.69 bits per heavy atom. The highest BCUT2D eigenvalue weighted by Gasteiger charge is 2.35. The van der Waals surface area contributed by atoms with Crippen molar-refractivity contribution in [3.05, 3.63) is 111 Å². The zero-order valence-corrected chi connectivity index (χ0v) is 22.5. The first-order valence-corrected chi connectivity index (χ1v) is 13.0. The Hall–Kier alpha value is -4.41. The number of methoxy groups -OCH3 is 1. The number of halogens is 1. The Labute approximate surface area is 234 Å². The number of nitrogens with two attached hydrogens (primary N) is 2. The summed E-state index contributed by atoms with van der Waals surface area (Å²) in [6.45, 7) is 0.214. The predicted octanol–water partition coefficient (Wildman–Crippen LogP) is 4.19. The molecule has 4 aromatic rings. The van der Waals surface area contributed by atoms with E-state index in [0.29, 0.717) is 21.9 Å². The number of amides is 3. The maximum Gasteiger partial charge on any atom is 0.270 e. The molecule has 0 aliphatic heterocycles. The van der Waals surface area contributed by atoms with Gasteiger partial charge in [0, 0.05) is 18.1 Å². The Balaban J connectivity index is 1.80. The highest BCUT2D eigenvalue weighted by atomic mass is 35.5. The fourth-order valence-corrected chi connectivity index (χ4v) is 4.95. The van der Waals surface area contributed by atoms with Crippen molar-refractivity contribution in [2.45, 2.75) is 19.1 Å². The van der Waals surface area contributed by atoms with Gasteiger partial charge in [-0.05, 0) is 46.4 Å². The molecule has 1 aromatic heterocycles. The third kappa shape index (κ3) is 6.36. The summed E-state index contributed by atoms with van der Waals surface area (Å²) in [4.78, 5) is 41.0. The number of nitrogens with one attached hydrogen (secondary N) is 1. The molecule has 0 fully saturated rings. The first-order valence-electron chi connectivity index (χ1n) is 11.8. The molecule has 1 atom stereocenters. The number of nitrogens with zero attached hydrogens (tertiary/aromatic N) is 2. The molecule has 0 bridgehead atoms. The quantitative estimate of drug-likeness (QED) is 0.264. The van der Waals surface area contributed by atoms with Crippen LogP contribution in [0.3, 0.4) is 0 Å². The summed E-state index contributed by atoms with van der Waals surface area (Å²) in [5.74, 6) is -1.30. The monoisotopic (exact) mass is 563 g/mol. The van der Waals surface area contributed by atoms with E-state index >= 15 is 0 Å². The summed E-state index contributed by atoms with van der Waals surface area (Å²) in [6.07, 6.45) is 0. The second kappa shape index (κ2) is 12.4. The first kappa shape index (κ1) is 27.6. The number of rotatable bonds is 10. The second-order valence-corrected chi connectivity index (χ2v) is 9.72. The topological polar surface area (TPSA) is 141 Å². The number of carbonyl (C=O) groups is 3. The van der Waals surface area contributed by atoms with E-state index in [1.807, 2.05) is 30.3 Å². The van der Waals surface area contributed by atoms with Crippen LogP contribution in [-0.2, 0) is 17.9 Å². The number of nitrogen functional groups attached to an aromatic ring is 1. The van der Waals surface area contributed by atoms with Crippen molar-refractivity contribution in [1.29, 1.82) is 0 Å². The Kier molecular flexibility index (Phi) is 8.80. The molecule has 1 unspecified atom stereocenters. The van der Waals surface area contributed by atoms with E-state index in [1.54, 1.807) is 48.5 Å². The molecule has 11 heteroatoms. The largest absolute Gasteiger partial charge is 0.497 e. The molecule has 5 N–H and O–H groups in total. The minimum absolute atomic E-state index is 0.00905. The number of ether oxygens (including phenoxy) is 1. The molecular formula is C28H26ClN5O4S. The van der Waals surface area contributed by atoms with Gasteiger partial charge in [0.15, 0.2) is 5.69 Å². The van der Waals surface area contributed by atoms with Gasteiger partial charge < -0.3 is 26.4 Å². The Bertz CT molecular complexity index is 1480. The lowest BCUT2D eigenvalue weighted by Crippen LogP contribution is -2.43. The molecule has 0 aliphatic rings. The molecule has 0 radical (unpaired) electrons.